The van der Waals surface area contributed by atoms with E-state index >= 15 is 0 Å². The van der Waals surface area contributed by atoms with Gasteiger partial charge in [0.1, 0.15) is 17.2 Å². The molecule has 0 aromatic heterocycles. The molecule has 0 heterocycles. The van der Waals surface area contributed by atoms with Crippen molar-refractivity contribution in [2.75, 3.05) is 19.7 Å². The Labute approximate surface area is 268 Å². The minimum absolute atomic E-state index is 0.105. The molecule has 0 spiro atoms. The summed E-state index contributed by atoms with van der Waals surface area (Å²) in [7, 11) is 0. The summed E-state index contributed by atoms with van der Waals surface area (Å²) in [5, 5.41) is 24.3. The molecule has 234 valence electrons. The third kappa shape index (κ3) is 9.75. The number of halogens is 1. The summed E-state index contributed by atoms with van der Waals surface area (Å²) in [6.07, 6.45) is 2.59. The van der Waals surface area contributed by atoms with Gasteiger partial charge in [0.2, 0.25) is 0 Å². The molecular formula is C38H47ClN2O3. The van der Waals surface area contributed by atoms with Gasteiger partial charge in [0.15, 0.2) is 0 Å². The number of benzene rings is 4. The monoisotopic (exact) mass is 614 g/mol. The molecule has 0 saturated heterocycles. The van der Waals surface area contributed by atoms with E-state index in [1.165, 1.54) is 11.1 Å². The van der Waals surface area contributed by atoms with Crippen molar-refractivity contribution in [3.63, 3.8) is 0 Å². The Morgan fingerprint density at radius 2 is 1.41 bits per heavy atom. The zero-order chi connectivity index (χ0) is 31.5. The van der Waals surface area contributed by atoms with Crippen molar-refractivity contribution in [3.8, 4) is 17.2 Å². The van der Waals surface area contributed by atoms with Crippen molar-refractivity contribution in [2.45, 2.75) is 71.5 Å². The molecule has 5 nitrogen and oxygen atoms in total. The van der Waals surface area contributed by atoms with Crippen LogP contribution in [0.3, 0.4) is 0 Å². The highest BCUT2D eigenvalue weighted by Crippen LogP contribution is 2.35. The highest BCUT2D eigenvalue weighted by atomic mass is 35.5. The van der Waals surface area contributed by atoms with E-state index in [-0.39, 0.29) is 11.7 Å². The molecule has 0 aliphatic carbocycles. The molecule has 4 aromatic rings. The SMILES string of the molecule is CC(C)N(CC[C@H](c1ccccc1)c1cc(CCOc2ccc(CCNCc3ccc(O)c(Cl)c3)cc2)ccc1O)C(C)C. The van der Waals surface area contributed by atoms with Crippen LogP contribution in [0.25, 0.3) is 0 Å². The number of phenols is 2. The lowest BCUT2D eigenvalue weighted by Gasteiger charge is -2.32. The maximum atomic E-state index is 11.0. The number of hydrogen-bond donors (Lipinski definition) is 3. The van der Waals surface area contributed by atoms with Crippen molar-refractivity contribution in [2.24, 2.45) is 0 Å². The molecule has 4 aromatic carbocycles. The van der Waals surface area contributed by atoms with E-state index in [0.717, 1.165) is 54.8 Å². The Hall–Kier alpha value is -3.51. The highest BCUT2D eigenvalue weighted by Gasteiger charge is 2.21. The normalized spacial score (nSPS) is 12.3. The van der Waals surface area contributed by atoms with Crippen LogP contribution in [0.4, 0.5) is 0 Å². The quantitative estimate of drug-likeness (QED) is 0.111. The molecule has 1 atom stereocenters. The van der Waals surface area contributed by atoms with E-state index in [9.17, 15) is 10.2 Å². The van der Waals surface area contributed by atoms with E-state index in [1.807, 2.05) is 36.4 Å². The molecule has 44 heavy (non-hydrogen) atoms. The lowest BCUT2D eigenvalue weighted by Crippen LogP contribution is -2.38. The second kappa shape index (κ2) is 16.5. The smallest absolute Gasteiger partial charge is 0.134 e. The third-order valence-corrected chi connectivity index (χ3v) is 8.49. The maximum absolute atomic E-state index is 11.0. The van der Waals surface area contributed by atoms with Gasteiger partial charge in [0.05, 0.1) is 11.6 Å². The largest absolute Gasteiger partial charge is 0.508 e. The van der Waals surface area contributed by atoms with Crippen LogP contribution in [-0.2, 0) is 19.4 Å². The Morgan fingerprint density at radius 1 is 0.750 bits per heavy atom. The van der Waals surface area contributed by atoms with Crippen LogP contribution in [0, 0.1) is 0 Å². The fourth-order valence-corrected chi connectivity index (χ4v) is 5.98. The summed E-state index contributed by atoms with van der Waals surface area (Å²) >= 11 is 5.99. The van der Waals surface area contributed by atoms with Crippen LogP contribution in [0.2, 0.25) is 5.02 Å². The van der Waals surface area contributed by atoms with Gasteiger partial charge in [-0.2, -0.15) is 0 Å². The highest BCUT2D eigenvalue weighted by molar-refractivity contribution is 6.32. The van der Waals surface area contributed by atoms with Crippen LogP contribution >= 0.6 is 11.6 Å². The number of rotatable bonds is 16. The summed E-state index contributed by atoms with van der Waals surface area (Å²) in [5.74, 6) is 1.41. The standard InChI is InChI=1S/C38H47ClN2O3/c1-27(2)41(28(3)4)22-19-34(32-8-6-5-7-9-32)35-24-30(12-16-37(35)42)20-23-44-33-14-10-29(11-15-33)18-21-40-26-31-13-17-38(43)36(39)25-31/h5-17,24-25,27-28,34,40,42-43H,18-23,26H2,1-4H3/t34-/m1/s1. The van der Waals surface area contributed by atoms with Crippen LogP contribution in [0.1, 0.15) is 67.9 Å². The predicted octanol–water partition coefficient (Wildman–Crippen LogP) is 8.35. The predicted molar refractivity (Wildman–Crippen MR) is 182 cm³/mol. The van der Waals surface area contributed by atoms with Gasteiger partial charge in [-0.3, -0.25) is 4.90 Å². The molecule has 0 saturated carbocycles. The molecule has 6 heteroatoms. The topological polar surface area (TPSA) is 65.0 Å². The van der Waals surface area contributed by atoms with Crippen LogP contribution in [0.5, 0.6) is 17.2 Å². The Balaban J connectivity index is 1.31. The van der Waals surface area contributed by atoms with Crippen LogP contribution in [-0.4, -0.2) is 46.9 Å². The van der Waals surface area contributed by atoms with Gasteiger partial charge in [-0.1, -0.05) is 72.3 Å². The van der Waals surface area contributed by atoms with Gasteiger partial charge >= 0.3 is 0 Å². The zero-order valence-electron chi connectivity index (χ0n) is 26.5. The van der Waals surface area contributed by atoms with Crippen molar-refractivity contribution in [1.82, 2.24) is 10.2 Å². The zero-order valence-corrected chi connectivity index (χ0v) is 27.2. The van der Waals surface area contributed by atoms with Crippen LogP contribution < -0.4 is 10.1 Å². The van der Waals surface area contributed by atoms with Crippen molar-refractivity contribution < 1.29 is 14.9 Å². The molecule has 0 amide bonds. The summed E-state index contributed by atoms with van der Waals surface area (Å²) in [6, 6.07) is 31.0. The molecule has 0 unspecified atom stereocenters. The average molecular weight is 615 g/mol. The van der Waals surface area contributed by atoms with Crippen LogP contribution in [0.15, 0.2) is 91.0 Å². The molecule has 3 N–H and O–H groups in total. The molecule has 0 aliphatic rings. The van der Waals surface area contributed by atoms with E-state index in [2.05, 4.69) is 80.4 Å². The average Bonchev–Trinajstić information content (AvgIpc) is 3.01. The van der Waals surface area contributed by atoms with E-state index in [1.54, 1.807) is 12.1 Å². The number of ether oxygens (including phenoxy) is 1. The molecular weight excluding hydrogens is 568 g/mol. The molecule has 0 bridgehead atoms. The van der Waals surface area contributed by atoms with E-state index in [4.69, 9.17) is 16.3 Å². The van der Waals surface area contributed by atoms with Gasteiger partial charge in [0.25, 0.3) is 0 Å². The minimum atomic E-state index is 0.105. The fraction of sp³-hybridized carbons (Fsp3) is 0.368. The van der Waals surface area contributed by atoms with Crippen molar-refractivity contribution in [3.05, 3.63) is 124 Å². The van der Waals surface area contributed by atoms with Gasteiger partial charge in [-0.15, -0.1) is 0 Å². The summed E-state index contributed by atoms with van der Waals surface area (Å²) < 4.78 is 6.10. The second-order valence-corrected chi connectivity index (χ2v) is 12.4. The molecule has 4 rings (SSSR count). The number of nitrogens with one attached hydrogen (secondary N) is 1. The minimum Gasteiger partial charge on any atom is -0.508 e. The molecule has 0 radical (unpaired) electrons. The summed E-state index contributed by atoms with van der Waals surface area (Å²) in [5.41, 5.74) is 5.63. The first kappa shape index (κ1) is 33.4. The van der Waals surface area contributed by atoms with Crippen molar-refractivity contribution in [1.29, 1.82) is 0 Å². The van der Waals surface area contributed by atoms with Gasteiger partial charge in [0, 0.05) is 36.5 Å². The van der Waals surface area contributed by atoms with Gasteiger partial charge in [-0.05, 0) is 106 Å². The summed E-state index contributed by atoms with van der Waals surface area (Å²) in [6.45, 7) is 12.0. The molecule has 0 aliphatic heterocycles. The first-order valence-electron chi connectivity index (χ1n) is 15.7. The first-order chi connectivity index (χ1) is 21.2. The number of hydrogen-bond acceptors (Lipinski definition) is 5. The third-order valence-electron chi connectivity index (χ3n) is 8.19. The van der Waals surface area contributed by atoms with Crippen molar-refractivity contribution >= 4 is 11.6 Å². The Bertz CT molecular complexity index is 1430. The lowest BCUT2D eigenvalue weighted by molar-refractivity contribution is 0.170. The molecule has 0 fully saturated rings. The fourth-order valence-electron chi connectivity index (χ4n) is 5.78. The second-order valence-electron chi connectivity index (χ2n) is 12.0. The lowest BCUT2D eigenvalue weighted by atomic mass is 9.86. The first-order valence-corrected chi connectivity index (χ1v) is 16.1. The van der Waals surface area contributed by atoms with Gasteiger partial charge in [-0.25, -0.2) is 0 Å². The number of aromatic hydroxyl groups is 2. The van der Waals surface area contributed by atoms with Gasteiger partial charge < -0.3 is 20.3 Å². The Morgan fingerprint density at radius 3 is 2.09 bits per heavy atom. The summed E-state index contributed by atoms with van der Waals surface area (Å²) in [4.78, 5) is 2.51. The Kier molecular flexibility index (Phi) is 12.5. The maximum Gasteiger partial charge on any atom is 0.134 e. The number of nitrogens with zero attached hydrogens (tertiary/aromatic N) is 1. The van der Waals surface area contributed by atoms with E-state index < -0.39 is 0 Å². The number of phenolic OH excluding ortho intramolecular Hbond substituents is 2. The van der Waals surface area contributed by atoms with E-state index in [0.29, 0.717) is 36.0 Å².